The number of H-pyrrole nitrogens is 1. The lowest BCUT2D eigenvalue weighted by Gasteiger charge is -2.29. The monoisotopic (exact) mass is 1730 g/mol. The minimum Gasteiger partial charge on any atom is -0.481 e. The molecule has 0 saturated carbocycles. The van der Waals surface area contributed by atoms with Crippen LogP contribution in [0.15, 0.2) is 36.5 Å². The number of nitrogens with two attached hydrogens (primary N) is 1. The van der Waals surface area contributed by atoms with Gasteiger partial charge in [0, 0.05) is 85.1 Å². The maximum absolute atomic E-state index is 15.1. The maximum atomic E-state index is 15.1. The van der Waals surface area contributed by atoms with E-state index in [4.69, 9.17) is 43.1 Å². The number of ketones is 4. The molecule has 1 aliphatic rings. The van der Waals surface area contributed by atoms with E-state index in [0.29, 0.717) is 35.7 Å². The van der Waals surface area contributed by atoms with Crippen molar-refractivity contribution in [2.75, 3.05) is 44.8 Å². The first kappa shape index (κ1) is 101. The molecule has 11 amide bonds. The summed E-state index contributed by atoms with van der Waals surface area (Å²) >= 11 is 12.9. The number of fused-ring (bicyclic) bond motifs is 1. The number of aliphatic carboxylic acids is 2. The lowest BCUT2D eigenvalue weighted by atomic mass is 9.84. The number of primary amides is 1. The third-order valence-corrected chi connectivity index (χ3v) is 20.1. The van der Waals surface area contributed by atoms with Crippen molar-refractivity contribution in [3.63, 3.8) is 0 Å². The zero-order valence-corrected chi connectivity index (χ0v) is 69.4. The molecule has 660 valence electrons. The van der Waals surface area contributed by atoms with Crippen LogP contribution in [0.3, 0.4) is 0 Å². The molecular weight excluding hydrogens is 1620 g/mol. The van der Waals surface area contributed by atoms with Crippen molar-refractivity contribution >= 4 is 159 Å². The molecule has 39 nitrogen and oxygen atoms in total. The summed E-state index contributed by atoms with van der Waals surface area (Å²) in [5.41, 5.74) is 7.37. The first-order valence-corrected chi connectivity index (χ1v) is 40.1. The van der Waals surface area contributed by atoms with Gasteiger partial charge in [-0.05, 0) is 76.3 Å². The molecule has 17 N–H and O–H groups in total. The molecule has 0 bridgehead atoms. The highest BCUT2D eigenvalue weighted by Gasteiger charge is 2.41. The second-order valence-electron chi connectivity index (χ2n) is 29.3. The molecule has 120 heavy (non-hydrogen) atoms. The summed E-state index contributed by atoms with van der Waals surface area (Å²) in [5.74, 6) is -29.3. The van der Waals surface area contributed by atoms with E-state index in [9.17, 15) is 106 Å². The fraction of sp³-hybridized carbons (Fsp3) is 0.570. The molecule has 1 saturated heterocycles. The number of aromatic nitrogens is 1. The topological polar surface area (TPSA) is 604 Å². The second kappa shape index (κ2) is 51.8. The van der Waals surface area contributed by atoms with Gasteiger partial charge in [0.2, 0.25) is 65.0 Å². The van der Waals surface area contributed by atoms with Crippen LogP contribution in [0.4, 0.5) is 5.69 Å². The van der Waals surface area contributed by atoms with Crippen molar-refractivity contribution in [2.24, 2.45) is 29.4 Å². The number of nitrogens with one attached hydrogen (secondary N) is 12. The molecule has 41 heteroatoms. The Morgan fingerprint density at radius 2 is 1.27 bits per heavy atom. The second-order valence-corrected chi connectivity index (χ2v) is 30.1. The number of anilines is 1. The van der Waals surface area contributed by atoms with Crippen LogP contribution in [0.1, 0.15) is 179 Å². The Labute approximate surface area is 701 Å². The van der Waals surface area contributed by atoms with Crippen molar-refractivity contribution < 1.29 is 125 Å². The molecular formula is C79H109Cl2N13O26. The standard InChI is InChI=1S/C79H109Cl2N13O26/c1-8-11-13-14-15-16-17-19-65(103)89-56(24-46-33-84-53-21-20-41(4)22-50(46)53)77(115)91-55(32-64(82)102)62(100)25-45(27-69(108)109)73(111)94-70-44(7)120-79(117)57(31-60(98)51-28-48(80)29-52(81)71(51)83-10-3)92-75(113)49(42(5)23-68(106)107)30-63(101)58(36-95)90-67(105)34-85-76(114)59(38-119-40-97)93-72(110)43(6)87-74(112)47(37-118-39-96)26-61(99)54(18-12-9-2)88-66(104)35-86-78(70)116/h20-22,28-29,33,39-40,42-45,47,49,54-59,70,83-84,95H,8-19,23-27,30-32,34-38H2,1-7H3,(H2,82,102)(H,85,114)(H,86,116)(H,87,112)(H,88,104)(H,89,103)(H,90,105)(H,91,115)(H,92,113)(H,93,110)(H,94,111)(H,106,107)(H,108,109)/t42-,43-,44-,45+,47+,49+,54+,55-,56+,57+,58-,59+,70+/m1/s1. The number of aliphatic hydroxyl groups excluding tert-OH is 1. The highest BCUT2D eigenvalue weighted by molar-refractivity contribution is 6.37. The number of aliphatic hydroxyl groups is 1. The molecule has 1 aliphatic heterocycles. The van der Waals surface area contributed by atoms with Gasteiger partial charge < -0.3 is 98.7 Å². The van der Waals surface area contributed by atoms with Gasteiger partial charge in [0.25, 0.3) is 12.9 Å². The number of esters is 1. The number of unbranched alkanes of at least 4 members (excludes halogenated alkanes) is 7. The normalized spacial score (nSPS) is 20.9. The van der Waals surface area contributed by atoms with Gasteiger partial charge in [-0.2, -0.15) is 0 Å². The average molecular weight is 1730 g/mol. The summed E-state index contributed by atoms with van der Waals surface area (Å²) in [5, 5.41) is 57.3. The number of benzene rings is 2. The van der Waals surface area contributed by atoms with Gasteiger partial charge in [-0.25, -0.2) is 4.79 Å². The lowest BCUT2D eigenvalue weighted by Crippen LogP contribution is -2.57. The van der Waals surface area contributed by atoms with Gasteiger partial charge in [0.15, 0.2) is 23.1 Å². The van der Waals surface area contributed by atoms with Crippen molar-refractivity contribution in [1.82, 2.24) is 58.2 Å². The van der Waals surface area contributed by atoms with E-state index in [0.717, 1.165) is 57.6 Å². The number of halogens is 2. The number of aromatic amines is 1. The number of carbonyl (C=O) groups is 20. The third-order valence-electron chi connectivity index (χ3n) is 19.6. The molecule has 0 spiro atoms. The SMILES string of the molecule is CCCCCCCCCC(=O)N[C@@H](Cc1c[nH]c2ccc(C)cc12)C(=O)N[C@H](CC(N)=O)C(=O)C[C@@H](CC(=O)O)C(=O)N[C@@H]1C(=O)NCC(=O)N[C@@H](CCCC)C(=O)C[C@@H](COC=O)C(=O)N[C@H](C)C(=O)N[C@@H](COC=O)C(=O)NCC(=O)N[C@H](CO)C(=O)C[C@@H]([C@H](C)CC(=O)O)C(=O)N[C@@H](CC(=O)c2cc(Cl)cc(Cl)c2NCC)C(=O)O[C@@H]1C. The van der Waals surface area contributed by atoms with E-state index in [2.05, 4.69) is 70.4 Å². The van der Waals surface area contributed by atoms with E-state index in [1.54, 1.807) is 26.1 Å². The number of amides is 11. The predicted molar refractivity (Wildman–Crippen MR) is 429 cm³/mol. The van der Waals surface area contributed by atoms with Gasteiger partial charge in [-0.3, -0.25) is 91.1 Å². The zero-order valence-electron chi connectivity index (χ0n) is 67.9. The highest BCUT2D eigenvalue weighted by atomic mass is 35.5. The summed E-state index contributed by atoms with van der Waals surface area (Å²) in [7, 11) is 0. The summed E-state index contributed by atoms with van der Waals surface area (Å²) in [6.07, 6.45) is -1.57. The minimum absolute atomic E-state index is 0.00127. The summed E-state index contributed by atoms with van der Waals surface area (Å²) < 4.78 is 15.4. The number of aryl methyl sites for hydroxylation is 1. The van der Waals surface area contributed by atoms with Crippen LogP contribution in [0, 0.1) is 30.6 Å². The van der Waals surface area contributed by atoms with Gasteiger partial charge in [0.1, 0.15) is 55.6 Å². The number of rotatable bonds is 40. The average Bonchev–Trinajstić information content (AvgIpc) is 1.64. The van der Waals surface area contributed by atoms with E-state index in [1.807, 2.05) is 19.1 Å². The molecule has 2 aromatic carbocycles. The minimum atomic E-state index is -2.38. The van der Waals surface area contributed by atoms with E-state index >= 15 is 4.79 Å². The summed E-state index contributed by atoms with van der Waals surface area (Å²) in [6, 6.07) is -7.15. The Bertz CT molecular complexity index is 4180. The van der Waals surface area contributed by atoms with Crippen LogP contribution in [0.25, 0.3) is 10.9 Å². The van der Waals surface area contributed by atoms with Crippen LogP contribution in [0.2, 0.25) is 10.0 Å². The maximum Gasteiger partial charge on any atom is 0.329 e. The van der Waals surface area contributed by atoms with Crippen molar-refractivity contribution in [2.45, 2.75) is 225 Å². The predicted octanol–water partition coefficient (Wildman–Crippen LogP) is 0.963. The number of carboxylic acid groups (broad SMARTS) is 2. The first-order chi connectivity index (χ1) is 56.9. The molecule has 0 radical (unpaired) electrons. The molecule has 2 heterocycles. The largest absolute Gasteiger partial charge is 0.481 e. The number of hydrogen-bond acceptors (Lipinski definition) is 25. The van der Waals surface area contributed by atoms with E-state index in [-0.39, 0.29) is 66.5 Å². The van der Waals surface area contributed by atoms with Crippen LogP contribution in [-0.2, 0) is 112 Å². The quantitative estimate of drug-likeness (QED) is 0.0124. The number of carbonyl (C=O) groups excluding carboxylic acids is 18. The summed E-state index contributed by atoms with van der Waals surface area (Å²) in [6.45, 7) is 5.29. The van der Waals surface area contributed by atoms with Gasteiger partial charge >= 0.3 is 17.9 Å². The Hall–Kier alpha value is -11.5. The van der Waals surface area contributed by atoms with Crippen molar-refractivity contribution in [3.05, 3.63) is 63.3 Å². The molecule has 0 unspecified atom stereocenters. The number of Topliss-reactive ketones (excluding diaryl/α,β-unsaturated/α-hetero) is 4. The van der Waals surface area contributed by atoms with E-state index in [1.165, 1.54) is 13.0 Å². The summed E-state index contributed by atoms with van der Waals surface area (Å²) in [4.78, 5) is 279. The van der Waals surface area contributed by atoms with Crippen molar-refractivity contribution in [3.8, 4) is 0 Å². The Balaban J connectivity index is 1.92. The molecule has 1 aromatic heterocycles. The first-order valence-electron chi connectivity index (χ1n) is 39.4. The molecule has 13 atom stereocenters. The van der Waals surface area contributed by atoms with Gasteiger partial charge in [0.05, 0.1) is 67.2 Å². The fourth-order valence-corrected chi connectivity index (χ4v) is 13.6. The highest BCUT2D eigenvalue weighted by Crippen LogP contribution is 2.32. The van der Waals surface area contributed by atoms with Crippen LogP contribution >= 0.6 is 23.2 Å². The fourth-order valence-electron chi connectivity index (χ4n) is 13.0. The number of carboxylic acids is 2. The van der Waals surface area contributed by atoms with Crippen molar-refractivity contribution in [1.29, 1.82) is 0 Å². The Morgan fingerprint density at radius 1 is 0.658 bits per heavy atom. The Kier molecular flexibility index (Phi) is 43.5. The van der Waals surface area contributed by atoms with Crippen LogP contribution < -0.4 is 64.2 Å². The number of ether oxygens (including phenoxy) is 3. The number of hydrogen-bond donors (Lipinski definition) is 16. The molecule has 3 aromatic rings. The van der Waals surface area contributed by atoms with Crippen LogP contribution in [0.5, 0.6) is 0 Å². The smallest absolute Gasteiger partial charge is 0.329 e. The third kappa shape index (κ3) is 34.1. The van der Waals surface area contributed by atoms with Gasteiger partial charge in [-0.15, -0.1) is 0 Å². The molecule has 0 aliphatic carbocycles. The molecule has 4 rings (SSSR count). The Morgan fingerprint density at radius 3 is 1.90 bits per heavy atom. The van der Waals surface area contributed by atoms with Gasteiger partial charge in [-0.1, -0.05) is 107 Å². The zero-order chi connectivity index (χ0) is 89.5. The number of cyclic esters (lactones) is 1. The van der Waals surface area contributed by atoms with E-state index < -0.39 is 262 Å². The molecule has 1 fully saturated rings. The lowest BCUT2D eigenvalue weighted by molar-refractivity contribution is -0.156. The van der Waals surface area contributed by atoms with Crippen LogP contribution in [-0.4, -0.2) is 233 Å².